The van der Waals surface area contributed by atoms with Crippen molar-refractivity contribution in [2.24, 2.45) is 5.92 Å². The van der Waals surface area contributed by atoms with Crippen molar-refractivity contribution in [1.82, 2.24) is 19.6 Å². The lowest BCUT2D eigenvalue weighted by atomic mass is 9.96. The standard InChI is InChI=1S/C19H32N4O/c1-16-19(17(2)24)13-20-23(16)15-22-11-7-18(8-12-22)14-21-9-5-3-4-6-10-21/h13,18H,3-12,14-15H2,1-2H3. The number of hydrogen-bond acceptors (Lipinski definition) is 4. The predicted molar refractivity (Wildman–Crippen MR) is 96.2 cm³/mol. The van der Waals surface area contributed by atoms with E-state index in [1.54, 1.807) is 13.1 Å². The Morgan fingerprint density at radius 2 is 1.75 bits per heavy atom. The molecule has 2 aliphatic rings. The maximum atomic E-state index is 11.6. The third-order valence-corrected chi connectivity index (χ3v) is 5.74. The Labute approximate surface area is 146 Å². The van der Waals surface area contributed by atoms with Crippen LogP contribution < -0.4 is 0 Å². The number of hydrogen-bond donors (Lipinski definition) is 0. The third-order valence-electron chi connectivity index (χ3n) is 5.74. The number of carbonyl (C=O) groups is 1. The van der Waals surface area contributed by atoms with Crippen LogP contribution in [0.15, 0.2) is 6.20 Å². The van der Waals surface area contributed by atoms with Gasteiger partial charge in [-0.05, 0) is 58.5 Å². The van der Waals surface area contributed by atoms with Crippen molar-refractivity contribution >= 4 is 5.78 Å². The molecule has 0 aliphatic carbocycles. The van der Waals surface area contributed by atoms with E-state index in [4.69, 9.17) is 0 Å². The molecule has 5 nitrogen and oxygen atoms in total. The quantitative estimate of drug-likeness (QED) is 0.778. The van der Waals surface area contributed by atoms with Crippen molar-refractivity contribution in [3.05, 3.63) is 17.5 Å². The number of piperidine rings is 1. The first kappa shape index (κ1) is 17.6. The molecule has 5 heteroatoms. The summed E-state index contributed by atoms with van der Waals surface area (Å²) in [6.07, 6.45) is 9.89. The second kappa shape index (κ2) is 8.26. The van der Waals surface area contributed by atoms with Crippen molar-refractivity contribution in [3.63, 3.8) is 0 Å². The highest BCUT2D eigenvalue weighted by molar-refractivity contribution is 5.94. The van der Waals surface area contributed by atoms with Gasteiger partial charge in [0.05, 0.1) is 18.4 Å². The highest BCUT2D eigenvalue weighted by Crippen LogP contribution is 2.21. The molecule has 2 fully saturated rings. The fourth-order valence-electron chi connectivity index (χ4n) is 4.12. The molecular formula is C19H32N4O. The van der Waals surface area contributed by atoms with E-state index in [0.29, 0.717) is 0 Å². The summed E-state index contributed by atoms with van der Waals surface area (Å²) in [6.45, 7) is 10.6. The summed E-state index contributed by atoms with van der Waals surface area (Å²) in [5, 5.41) is 4.40. The average Bonchev–Trinajstić information content (AvgIpc) is 2.77. The number of ketones is 1. The second-order valence-electron chi connectivity index (χ2n) is 7.62. The summed E-state index contributed by atoms with van der Waals surface area (Å²) in [7, 11) is 0. The SMILES string of the molecule is CC(=O)c1cnn(CN2CCC(CN3CCCCCC3)CC2)c1C. The summed E-state index contributed by atoms with van der Waals surface area (Å²) in [6, 6.07) is 0. The van der Waals surface area contributed by atoms with E-state index in [2.05, 4.69) is 14.9 Å². The van der Waals surface area contributed by atoms with Gasteiger partial charge in [-0.1, -0.05) is 12.8 Å². The smallest absolute Gasteiger partial charge is 0.163 e. The summed E-state index contributed by atoms with van der Waals surface area (Å²) in [4.78, 5) is 16.7. The van der Waals surface area contributed by atoms with Gasteiger partial charge in [-0.3, -0.25) is 14.4 Å². The molecule has 0 atom stereocenters. The normalized spacial score (nSPS) is 21.8. The number of carbonyl (C=O) groups excluding carboxylic acids is 1. The zero-order valence-electron chi connectivity index (χ0n) is 15.3. The van der Waals surface area contributed by atoms with Crippen LogP contribution >= 0.6 is 0 Å². The molecule has 2 saturated heterocycles. The van der Waals surface area contributed by atoms with Crippen LogP contribution in [0.3, 0.4) is 0 Å². The van der Waals surface area contributed by atoms with Crippen molar-refractivity contribution < 1.29 is 4.79 Å². The van der Waals surface area contributed by atoms with Gasteiger partial charge in [0.15, 0.2) is 5.78 Å². The largest absolute Gasteiger partial charge is 0.303 e. The van der Waals surface area contributed by atoms with Crippen LogP contribution in [0, 0.1) is 12.8 Å². The molecule has 0 spiro atoms. The molecule has 2 aliphatic heterocycles. The number of nitrogens with zero attached hydrogens (tertiary/aromatic N) is 4. The fraction of sp³-hybridized carbons (Fsp3) is 0.789. The Balaban J connectivity index is 1.46. The van der Waals surface area contributed by atoms with Gasteiger partial charge in [0.2, 0.25) is 0 Å². The monoisotopic (exact) mass is 332 g/mol. The Morgan fingerprint density at radius 1 is 1.08 bits per heavy atom. The van der Waals surface area contributed by atoms with Gasteiger partial charge in [-0.25, -0.2) is 0 Å². The van der Waals surface area contributed by atoms with Crippen molar-refractivity contribution in [3.8, 4) is 0 Å². The fourth-order valence-corrected chi connectivity index (χ4v) is 4.12. The number of Topliss-reactive ketones (excluding diaryl/α,β-unsaturated/α-hetero) is 1. The topological polar surface area (TPSA) is 41.4 Å². The minimum atomic E-state index is 0.106. The van der Waals surface area contributed by atoms with Gasteiger partial charge in [0.1, 0.15) is 0 Å². The van der Waals surface area contributed by atoms with Gasteiger partial charge >= 0.3 is 0 Å². The molecule has 0 N–H and O–H groups in total. The molecular weight excluding hydrogens is 300 g/mol. The lowest BCUT2D eigenvalue weighted by Crippen LogP contribution is -2.40. The molecule has 3 heterocycles. The second-order valence-corrected chi connectivity index (χ2v) is 7.62. The van der Waals surface area contributed by atoms with Crippen LogP contribution in [-0.2, 0) is 6.67 Å². The molecule has 1 aromatic heterocycles. The Morgan fingerprint density at radius 3 is 2.33 bits per heavy atom. The average molecular weight is 332 g/mol. The van der Waals surface area contributed by atoms with Gasteiger partial charge in [-0.2, -0.15) is 5.10 Å². The van der Waals surface area contributed by atoms with Crippen LogP contribution in [0.5, 0.6) is 0 Å². The highest BCUT2D eigenvalue weighted by Gasteiger charge is 2.23. The predicted octanol–water partition coefficient (Wildman–Crippen LogP) is 2.94. The van der Waals surface area contributed by atoms with Crippen LogP contribution in [-0.4, -0.2) is 58.1 Å². The summed E-state index contributed by atoms with van der Waals surface area (Å²) < 4.78 is 1.98. The molecule has 24 heavy (non-hydrogen) atoms. The van der Waals surface area contributed by atoms with E-state index in [-0.39, 0.29) is 5.78 Å². The molecule has 3 rings (SSSR count). The molecule has 0 bridgehead atoms. The first-order valence-electron chi connectivity index (χ1n) is 9.61. The van der Waals surface area contributed by atoms with Crippen molar-refractivity contribution in [2.75, 3.05) is 32.7 Å². The van der Waals surface area contributed by atoms with E-state index >= 15 is 0 Å². The zero-order chi connectivity index (χ0) is 16.9. The molecule has 0 amide bonds. The minimum Gasteiger partial charge on any atom is -0.303 e. The lowest BCUT2D eigenvalue weighted by Gasteiger charge is -2.34. The van der Waals surface area contributed by atoms with Crippen LogP contribution in [0.4, 0.5) is 0 Å². The van der Waals surface area contributed by atoms with Crippen molar-refractivity contribution in [1.29, 1.82) is 0 Å². The number of likely N-dealkylation sites (tertiary alicyclic amines) is 2. The van der Waals surface area contributed by atoms with Gasteiger partial charge in [-0.15, -0.1) is 0 Å². The van der Waals surface area contributed by atoms with Crippen molar-refractivity contribution in [2.45, 2.75) is 59.0 Å². The third kappa shape index (κ3) is 4.45. The summed E-state index contributed by atoms with van der Waals surface area (Å²) >= 11 is 0. The number of aromatic nitrogens is 2. The Bertz CT molecular complexity index is 538. The minimum absolute atomic E-state index is 0.106. The molecule has 1 aromatic rings. The van der Waals surface area contributed by atoms with E-state index in [0.717, 1.165) is 36.9 Å². The maximum Gasteiger partial charge on any atom is 0.163 e. The first-order valence-corrected chi connectivity index (χ1v) is 9.61. The van der Waals surface area contributed by atoms with Gasteiger partial charge in [0.25, 0.3) is 0 Å². The van der Waals surface area contributed by atoms with Crippen LogP contribution in [0.2, 0.25) is 0 Å². The summed E-state index contributed by atoms with van der Waals surface area (Å²) in [5.41, 5.74) is 1.75. The molecule has 0 radical (unpaired) electrons. The molecule has 0 unspecified atom stereocenters. The highest BCUT2D eigenvalue weighted by atomic mass is 16.1. The van der Waals surface area contributed by atoms with E-state index in [1.165, 1.54) is 58.2 Å². The van der Waals surface area contributed by atoms with E-state index in [9.17, 15) is 4.79 Å². The Kier molecular flexibility index (Phi) is 6.06. The van der Waals surface area contributed by atoms with Gasteiger partial charge < -0.3 is 4.90 Å². The zero-order valence-corrected chi connectivity index (χ0v) is 15.3. The maximum absolute atomic E-state index is 11.6. The molecule has 0 saturated carbocycles. The number of rotatable bonds is 5. The molecule has 134 valence electrons. The van der Waals surface area contributed by atoms with Crippen LogP contribution in [0.1, 0.15) is 61.5 Å². The summed E-state index contributed by atoms with van der Waals surface area (Å²) in [5.74, 6) is 0.959. The van der Waals surface area contributed by atoms with E-state index in [1.807, 2.05) is 11.6 Å². The first-order chi connectivity index (χ1) is 11.6. The molecule has 0 aromatic carbocycles. The van der Waals surface area contributed by atoms with Crippen LogP contribution in [0.25, 0.3) is 0 Å². The Hall–Kier alpha value is -1.20. The lowest BCUT2D eigenvalue weighted by molar-refractivity contribution is 0.101. The van der Waals surface area contributed by atoms with E-state index < -0.39 is 0 Å². The van der Waals surface area contributed by atoms with Gasteiger partial charge in [0, 0.05) is 25.3 Å².